The van der Waals surface area contributed by atoms with Gasteiger partial charge in [-0.25, -0.2) is 4.98 Å². The van der Waals surface area contributed by atoms with Crippen molar-refractivity contribution in [3.8, 4) is 6.07 Å². The molecule has 2 aromatic heterocycles. The van der Waals surface area contributed by atoms with Crippen molar-refractivity contribution in [1.82, 2.24) is 10.1 Å². The molecular formula is C13H14N4O. The van der Waals surface area contributed by atoms with Gasteiger partial charge in [0.05, 0.1) is 12.1 Å². The van der Waals surface area contributed by atoms with Crippen LogP contribution in [0.25, 0.3) is 0 Å². The van der Waals surface area contributed by atoms with Crippen LogP contribution in [0.15, 0.2) is 16.7 Å². The third-order valence-corrected chi connectivity index (χ3v) is 2.57. The number of rotatable bonds is 3. The number of anilines is 1. The van der Waals surface area contributed by atoms with Crippen LogP contribution in [0.2, 0.25) is 0 Å². The highest BCUT2D eigenvalue weighted by molar-refractivity contribution is 5.56. The number of nitrogens with zero attached hydrogens (tertiary/aromatic N) is 3. The number of pyridine rings is 1. The van der Waals surface area contributed by atoms with Gasteiger partial charge in [-0.1, -0.05) is 5.16 Å². The number of hydrogen-bond acceptors (Lipinski definition) is 5. The van der Waals surface area contributed by atoms with Crippen LogP contribution in [-0.2, 0) is 6.54 Å². The van der Waals surface area contributed by atoms with Gasteiger partial charge in [-0.2, -0.15) is 5.26 Å². The van der Waals surface area contributed by atoms with Gasteiger partial charge in [0, 0.05) is 11.8 Å². The van der Waals surface area contributed by atoms with E-state index in [9.17, 15) is 0 Å². The van der Waals surface area contributed by atoms with Crippen LogP contribution in [0.3, 0.4) is 0 Å². The van der Waals surface area contributed by atoms with Crippen LogP contribution in [0.4, 0.5) is 5.82 Å². The van der Waals surface area contributed by atoms with Gasteiger partial charge in [-0.05, 0) is 32.4 Å². The second-order valence-corrected chi connectivity index (χ2v) is 4.20. The second-order valence-electron chi connectivity index (χ2n) is 4.20. The molecule has 0 atom stereocenters. The van der Waals surface area contributed by atoms with Crippen molar-refractivity contribution in [2.45, 2.75) is 27.3 Å². The zero-order chi connectivity index (χ0) is 13.1. The van der Waals surface area contributed by atoms with Crippen molar-refractivity contribution >= 4 is 5.82 Å². The van der Waals surface area contributed by atoms with Gasteiger partial charge >= 0.3 is 0 Å². The Morgan fingerprint density at radius 2 is 2.11 bits per heavy atom. The van der Waals surface area contributed by atoms with E-state index in [1.807, 2.05) is 32.9 Å². The molecule has 0 saturated carbocycles. The third-order valence-electron chi connectivity index (χ3n) is 2.57. The third kappa shape index (κ3) is 2.48. The van der Waals surface area contributed by atoms with Gasteiger partial charge in [-0.3, -0.25) is 0 Å². The molecule has 0 saturated heterocycles. The van der Waals surface area contributed by atoms with E-state index in [4.69, 9.17) is 9.78 Å². The maximum Gasteiger partial charge on any atom is 0.144 e. The SMILES string of the molecule is Cc1cc(C)c(C#N)c(NCc2cc(C)on2)n1. The standard InChI is InChI=1S/C13H14N4O/c1-8-4-9(2)16-13(12(8)6-14)15-7-11-5-10(3)18-17-11/h4-5H,7H2,1-3H3,(H,15,16). The molecule has 1 N–H and O–H groups in total. The summed E-state index contributed by atoms with van der Waals surface area (Å²) in [5.41, 5.74) is 3.16. The Bertz CT molecular complexity index is 610. The fourth-order valence-corrected chi connectivity index (χ4v) is 1.78. The minimum absolute atomic E-state index is 0.488. The number of hydrogen-bond donors (Lipinski definition) is 1. The molecule has 2 rings (SSSR count). The normalized spacial score (nSPS) is 10.1. The first kappa shape index (κ1) is 12.1. The minimum atomic E-state index is 0.488. The molecule has 0 unspecified atom stereocenters. The van der Waals surface area contributed by atoms with Crippen molar-refractivity contribution in [2.24, 2.45) is 0 Å². The smallest absolute Gasteiger partial charge is 0.144 e. The lowest BCUT2D eigenvalue weighted by atomic mass is 10.1. The molecule has 0 aliphatic carbocycles. The van der Waals surface area contributed by atoms with E-state index in [1.54, 1.807) is 0 Å². The highest BCUT2D eigenvalue weighted by Crippen LogP contribution is 2.18. The molecule has 0 aliphatic rings. The summed E-state index contributed by atoms with van der Waals surface area (Å²) in [6.07, 6.45) is 0. The molecule has 0 amide bonds. The number of aryl methyl sites for hydroxylation is 3. The molecule has 92 valence electrons. The molecule has 0 spiro atoms. The van der Waals surface area contributed by atoms with Gasteiger partial charge in [-0.15, -0.1) is 0 Å². The second kappa shape index (κ2) is 4.88. The Morgan fingerprint density at radius 1 is 1.33 bits per heavy atom. The van der Waals surface area contributed by atoms with Crippen LogP contribution in [0.1, 0.15) is 28.3 Å². The summed E-state index contributed by atoms with van der Waals surface area (Å²) in [4.78, 5) is 4.33. The Labute approximate surface area is 105 Å². The molecule has 2 heterocycles. The Morgan fingerprint density at radius 3 is 2.72 bits per heavy atom. The lowest BCUT2D eigenvalue weighted by Crippen LogP contribution is -2.05. The van der Waals surface area contributed by atoms with Crippen LogP contribution >= 0.6 is 0 Å². The molecule has 0 radical (unpaired) electrons. The highest BCUT2D eigenvalue weighted by Gasteiger charge is 2.09. The van der Waals surface area contributed by atoms with Gasteiger partial charge in [0.2, 0.25) is 0 Å². The molecule has 0 fully saturated rings. The van der Waals surface area contributed by atoms with Crippen LogP contribution in [0.5, 0.6) is 0 Å². The van der Waals surface area contributed by atoms with E-state index in [1.165, 1.54) is 0 Å². The average molecular weight is 242 g/mol. The predicted octanol–water partition coefficient (Wildman–Crippen LogP) is 2.48. The summed E-state index contributed by atoms with van der Waals surface area (Å²) >= 11 is 0. The summed E-state index contributed by atoms with van der Waals surface area (Å²) in [6, 6.07) is 5.91. The highest BCUT2D eigenvalue weighted by atomic mass is 16.5. The largest absolute Gasteiger partial charge is 0.363 e. The minimum Gasteiger partial charge on any atom is -0.363 e. The Balaban J connectivity index is 2.21. The quantitative estimate of drug-likeness (QED) is 0.894. The molecule has 5 heteroatoms. The monoisotopic (exact) mass is 242 g/mol. The Kier molecular flexibility index (Phi) is 3.28. The van der Waals surface area contributed by atoms with E-state index >= 15 is 0 Å². The van der Waals surface area contributed by atoms with Crippen molar-refractivity contribution in [3.63, 3.8) is 0 Å². The topological polar surface area (TPSA) is 74.7 Å². The maximum absolute atomic E-state index is 9.13. The van der Waals surface area contributed by atoms with Crippen LogP contribution in [0, 0.1) is 32.1 Å². The zero-order valence-corrected chi connectivity index (χ0v) is 10.6. The van der Waals surface area contributed by atoms with E-state index in [2.05, 4.69) is 21.5 Å². The van der Waals surface area contributed by atoms with Crippen molar-refractivity contribution in [2.75, 3.05) is 5.32 Å². The van der Waals surface area contributed by atoms with Gasteiger partial charge < -0.3 is 9.84 Å². The summed E-state index contributed by atoms with van der Waals surface area (Å²) in [5, 5.41) is 16.1. The maximum atomic E-state index is 9.13. The summed E-state index contributed by atoms with van der Waals surface area (Å²) in [5.74, 6) is 1.36. The summed E-state index contributed by atoms with van der Waals surface area (Å²) < 4.78 is 4.98. The molecule has 0 bridgehead atoms. The van der Waals surface area contributed by atoms with E-state index in [0.29, 0.717) is 17.9 Å². The van der Waals surface area contributed by atoms with Crippen LogP contribution in [-0.4, -0.2) is 10.1 Å². The lowest BCUT2D eigenvalue weighted by molar-refractivity contribution is 0.391. The molecule has 0 aliphatic heterocycles. The van der Waals surface area contributed by atoms with E-state index in [-0.39, 0.29) is 0 Å². The molecule has 0 aromatic carbocycles. The van der Waals surface area contributed by atoms with Crippen molar-refractivity contribution in [1.29, 1.82) is 5.26 Å². The molecule has 5 nitrogen and oxygen atoms in total. The summed E-state index contributed by atoms with van der Waals surface area (Å²) in [7, 11) is 0. The van der Waals surface area contributed by atoms with Crippen LogP contribution < -0.4 is 5.32 Å². The van der Waals surface area contributed by atoms with Gasteiger partial charge in [0.1, 0.15) is 23.3 Å². The summed E-state index contributed by atoms with van der Waals surface area (Å²) in [6.45, 7) is 6.13. The van der Waals surface area contributed by atoms with Gasteiger partial charge in [0.15, 0.2) is 0 Å². The predicted molar refractivity (Wildman–Crippen MR) is 67.0 cm³/mol. The number of nitrogens with one attached hydrogen (secondary N) is 1. The first-order valence-electron chi connectivity index (χ1n) is 5.64. The number of aromatic nitrogens is 2. The zero-order valence-electron chi connectivity index (χ0n) is 10.6. The lowest BCUT2D eigenvalue weighted by Gasteiger charge is -2.08. The molecule has 2 aromatic rings. The fourth-order valence-electron chi connectivity index (χ4n) is 1.78. The van der Waals surface area contributed by atoms with E-state index in [0.717, 1.165) is 22.7 Å². The first-order chi connectivity index (χ1) is 8.60. The molecule has 18 heavy (non-hydrogen) atoms. The first-order valence-corrected chi connectivity index (χ1v) is 5.64. The van der Waals surface area contributed by atoms with Crippen molar-refractivity contribution < 1.29 is 4.52 Å². The molecular weight excluding hydrogens is 228 g/mol. The fraction of sp³-hybridized carbons (Fsp3) is 0.308. The average Bonchev–Trinajstić information content (AvgIpc) is 2.72. The van der Waals surface area contributed by atoms with Gasteiger partial charge in [0.25, 0.3) is 0 Å². The number of nitriles is 1. The Hall–Kier alpha value is -2.35. The van der Waals surface area contributed by atoms with Crippen molar-refractivity contribution in [3.05, 3.63) is 40.4 Å². The van der Waals surface area contributed by atoms with E-state index < -0.39 is 0 Å².